The van der Waals surface area contributed by atoms with Gasteiger partial charge in [-0.15, -0.1) is 0 Å². The van der Waals surface area contributed by atoms with Gasteiger partial charge < -0.3 is 19.5 Å². The van der Waals surface area contributed by atoms with Gasteiger partial charge in [0.05, 0.1) is 5.41 Å². The summed E-state index contributed by atoms with van der Waals surface area (Å²) in [7, 11) is 0. The van der Waals surface area contributed by atoms with Crippen molar-refractivity contribution < 1.29 is 24.2 Å². The number of piperidine rings is 1. The van der Waals surface area contributed by atoms with E-state index in [4.69, 9.17) is 14.6 Å². The van der Waals surface area contributed by atoms with Crippen molar-refractivity contribution in [3.8, 4) is 11.5 Å². The predicted octanol–water partition coefficient (Wildman–Crippen LogP) is 2.45. The molecule has 1 saturated heterocycles. The minimum atomic E-state index is -0.763. The van der Waals surface area contributed by atoms with Crippen molar-refractivity contribution in [3.05, 3.63) is 23.8 Å². The molecule has 0 aromatic heterocycles. The number of amides is 1. The highest BCUT2D eigenvalue weighted by Gasteiger charge is 2.36. The first kappa shape index (κ1) is 17.6. The Balaban J connectivity index is 1.70. The number of fused-ring (bicyclic) bond motifs is 1. The summed E-state index contributed by atoms with van der Waals surface area (Å²) in [5.41, 5.74) is 0.226. The Kier molecular flexibility index (Phi) is 4.88. The number of carbonyl (C=O) groups excluding carboxylic acids is 1. The Labute approximate surface area is 147 Å². The van der Waals surface area contributed by atoms with Crippen LogP contribution in [-0.2, 0) is 15.0 Å². The van der Waals surface area contributed by atoms with Crippen molar-refractivity contribution in [2.75, 3.05) is 26.3 Å². The van der Waals surface area contributed by atoms with Crippen molar-refractivity contribution in [1.29, 1.82) is 0 Å². The summed E-state index contributed by atoms with van der Waals surface area (Å²) < 4.78 is 11.2. The molecule has 0 bridgehead atoms. The summed E-state index contributed by atoms with van der Waals surface area (Å²) >= 11 is 0. The molecule has 1 aromatic carbocycles. The molecule has 1 amide bonds. The Bertz CT molecular complexity index is 662. The van der Waals surface area contributed by atoms with E-state index in [1.54, 1.807) is 0 Å². The van der Waals surface area contributed by atoms with Gasteiger partial charge in [-0.05, 0) is 50.3 Å². The van der Waals surface area contributed by atoms with Gasteiger partial charge in [-0.2, -0.15) is 0 Å². The van der Waals surface area contributed by atoms with Crippen LogP contribution >= 0.6 is 0 Å². The number of ether oxygens (including phenoxy) is 2. The van der Waals surface area contributed by atoms with Crippen molar-refractivity contribution in [3.63, 3.8) is 0 Å². The number of rotatable bonds is 4. The molecule has 6 nitrogen and oxygen atoms in total. The second-order valence-corrected chi connectivity index (χ2v) is 7.32. The molecule has 1 N–H and O–H groups in total. The fourth-order valence-corrected chi connectivity index (χ4v) is 3.54. The quantitative estimate of drug-likeness (QED) is 0.905. The van der Waals surface area contributed by atoms with Crippen LogP contribution in [0.5, 0.6) is 11.5 Å². The fourth-order valence-electron chi connectivity index (χ4n) is 3.54. The third-order valence-corrected chi connectivity index (χ3v) is 5.16. The molecule has 25 heavy (non-hydrogen) atoms. The molecule has 136 valence electrons. The fraction of sp³-hybridized carbons (Fsp3) is 0.579. The van der Waals surface area contributed by atoms with E-state index < -0.39 is 11.4 Å². The third-order valence-electron chi connectivity index (χ3n) is 5.16. The van der Waals surface area contributed by atoms with Gasteiger partial charge in [0.15, 0.2) is 11.5 Å². The molecule has 0 unspecified atom stereocenters. The average molecular weight is 347 g/mol. The van der Waals surface area contributed by atoms with Gasteiger partial charge in [0.1, 0.15) is 13.2 Å². The molecule has 0 saturated carbocycles. The van der Waals surface area contributed by atoms with Gasteiger partial charge >= 0.3 is 5.97 Å². The molecule has 1 fully saturated rings. The van der Waals surface area contributed by atoms with Crippen LogP contribution in [0.4, 0.5) is 0 Å². The van der Waals surface area contributed by atoms with Crippen LogP contribution in [0.25, 0.3) is 0 Å². The number of carbonyl (C=O) groups is 2. The summed E-state index contributed by atoms with van der Waals surface area (Å²) in [5, 5.41) is 8.91. The monoisotopic (exact) mass is 347 g/mol. The van der Waals surface area contributed by atoms with Crippen molar-refractivity contribution in [2.24, 2.45) is 5.92 Å². The van der Waals surface area contributed by atoms with Crippen LogP contribution in [-0.4, -0.2) is 48.2 Å². The summed E-state index contributed by atoms with van der Waals surface area (Å²) in [4.78, 5) is 25.8. The number of likely N-dealkylation sites (tertiary alicyclic amines) is 1. The van der Waals surface area contributed by atoms with E-state index in [0.29, 0.717) is 37.8 Å². The number of carboxylic acid groups (broad SMARTS) is 1. The van der Waals surface area contributed by atoms with E-state index in [0.717, 1.165) is 18.4 Å². The lowest BCUT2D eigenvalue weighted by atomic mass is 9.82. The zero-order valence-corrected chi connectivity index (χ0v) is 14.8. The van der Waals surface area contributed by atoms with Crippen LogP contribution < -0.4 is 9.47 Å². The minimum Gasteiger partial charge on any atom is -0.486 e. The lowest BCUT2D eigenvalue weighted by Crippen LogP contribution is -2.47. The van der Waals surface area contributed by atoms with Crippen molar-refractivity contribution >= 4 is 11.9 Å². The number of carboxylic acids is 1. The highest BCUT2D eigenvalue weighted by Crippen LogP contribution is 2.36. The second kappa shape index (κ2) is 6.94. The second-order valence-electron chi connectivity index (χ2n) is 7.32. The van der Waals surface area contributed by atoms with E-state index in [1.165, 1.54) is 0 Å². The molecule has 0 aliphatic carbocycles. The highest BCUT2D eigenvalue weighted by molar-refractivity contribution is 5.87. The Morgan fingerprint density at radius 1 is 1.16 bits per heavy atom. The molecule has 0 atom stereocenters. The Morgan fingerprint density at radius 3 is 2.44 bits per heavy atom. The van der Waals surface area contributed by atoms with Gasteiger partial charge in [-0.3, -0.25) is 9.59 Å². The summed E-state index contributed by atoms with van der Waals surface area (Å²) in [6, 6.07) is 5.67. The molecular weight excluding hydrogens is 322 g/mol. The van der Waals surface area contributed by atoms with Crippen molar-refractivity contribution in [1.82, 2.24) is 4.90 Å². The van der Waals surface area contributed by atoms with E-state index in [-0.39, 0.29) is 18.2 Å². The topological polar surface area (TPSA) is 76.1 Å². The standard InChI is InChI=1S/C19H25NO5/c1-19(2,14-3-4-15-16(12-14)25-10-9-24-15)18(23)20-7-5-13(6-8-20)11-17(21)22/h3-4,12-13H,5-11H2,1-2H3,(H,21,22). The molecule has 1 aromatic rings. The van der Waals surface area contributed by atoms with Gasteiger partial charge in [0, 0.05) is 19.5 Å². The molecule has 0 spiro atoms. The summed E-state index contributed by atoms with van der Waals surface area (Å²) in [6.07, 6.45) is 1.68. The number of nitrogens with zero attached hydrogens (tertiary/aromatic N) is 1. The first-order valence-electron chi connectivity index (χ1n) is 8.79. The summed E-state index contributed by atoms with van der Waals surface area (Å²) in [5.74, 6) is 0.871. The zero-order valence-electron chi connectivity index (χ0n) is 14.8. The van der Waals surface area contributed by atoms with E-state index in [2.05, 4.69) is 0 Å². The van der Waals surface area contributed by atoms with Gasteiger partial charge in [-0.25, -0.2) is 0 Å². The highest BCUT2D eigenvalue weighted by atomic mass is 16.6. The van der Waals surface area contributed by atoms with Crippen LogP contribution in [0.1, 0.15) is 38.7 Å². The largest absolute Gasteiger partial charge is 0.486 e. The lowest BCUT2D eigenvalue weighted by molar-refractivity contribution is -0.139. The number of aliphatic carboxylic acids is 1. The molecule has 2 aliphatic heterocycles. The maximum atomic E-state index is 13.1. The van der Waals surface area contributed by atoms with Crippen LogP contribution in [0.15, 0.2) is 18.2 Å². The molecular formula is C19H25NO5. The first-order valence-corrected chi connectivity index (χ1v) is 8.79. The normalized spacial score (nSPS) is 18.1. The van der Waals surface area contributed by atoms with E-state index in [9.17, 15) is 9.59 Å². The average Bonchev–Trinajstić information content (AvgIpc) is 2.61. The first-order chi connectivity index (χ1) is 11.9. The molecule has 3 rings (SSSR count). The van der Waals surface area contributed by atoms with E-state index >= 15 is 0 Å². The summed E-state index contributed by atoms with van der Waals surface area (Å²) in [6.45, 7) is 6.13. The van der Waals surface area contributed by atoms with Crippen LogP contribution in [0, 0.1) is 5.92 Å². The number of hydrogen-bond acceptors (Lipinski definition) is 4. The maximum absolute atomic E-state index is 13.1. The van der Waals surface area contributed by atoms with Gasteiger partial charge in [0.2, 0.25) is 5.91 Å². The Hall–Kier alpha value is -2.24. The molecule has 2 aliphatic rings. The van der Waals surface area contributed by atoms with E-state index in [1.807, 2.05) is 36.9 Å². The Morgan fingerprint density at radius 2 is 1.80 bits per heavy atom. The zero-order chi connectivity index (χ0) is 18.0. The molecule has 6 heteroatoms. The van der Waals surface area contributed by atoms with Crippen LogP contribution in [0.3, 0.4) is 0 Å². The van der Waals surface area contributed by atoms with Crippen molar-refractivity contribution in [2.45, 2.75) is 38.5 Å². The number of hydrogen-bond donors (Lipinski definition) is 1. The van der Waals surface area contributed by atoms with Gasteiger partial charge in [-0.1, -0.05) is 6.07 Å². The lowest BCUT2D eigenvalue weighted by Gasteiger charge is -2.37. The van der Waals surface area contributed by atoms with Crippen LogP contribution in [0.2, 0.25) is 0 Å². The molecule has 2 heterocycles. The van der Waals surface area contributed by atoms with Gasteiger partial charge in [0.25, 0.3) is 0 Å². The minimum absolute atomic E-state index is 0.0675. The predicted molar refractivity (Wildman–Crippen MR) is 92.0 cm³/mol. The third kappa shape index (κ3) is 3.72. The molecule has 0 radical (unpaired) electrons. The smallest absolute Gasteiger partial charge is 0.303 e. The maximum Gasteiger partial charge on any atom is 0.303 e. The number of benzene rings is 1. The SMILES string of the molecule is CC(C)(C(=O)N1CCC(CC(=O)O)CC1)c1ccc2c(c1)OCCO2.